The molecular formula is C31H28N2O5. The number of aryl methyl sites for hydroxylation is 1. The number of ether oxygens (including phenoxy) is 2. The summed E-state index contributed by atoms with van der Waals surface area (Å²) in [6.45, 7) is -0.0509. The number of hydrogen-bond donors (Lipinski definition) is 3. The van der Waals surface area contributed by atoms with Crippen molar-refractivity contribution in [1.29, 1.82) is 0 Å². The van der Waals surface area contributed by atoms with Crippen LogP contribution in [0.3, 0.4) is 0 Å². The molecule has 192 valence electrons. The molecule has 0 spiro atoms. The molecule has 7 heteroatoms. The van der Waals surface area contributed by atoms with Gasteiger partial charge in [0.05, 0.1) is 6.61 Å². The molecule has 0 bridgehead atoms. The van der Waals surface area contributed by atoms with Crippen LogP contribution in [-0.4, -0.2) is 36.4 Å². The lowest BCUT2D eigenvalue weighted by atomic mass is 9.90. The maximum atomic E-state index is 12.6. The van der Waals surface area contributed by atoms with Gasteiger partial charge in [-0.1, -0.05) is 60.7 Å². The van der Waals surface area contributed by atoms with Gasteiger partial charge in [-0.15, -0.1) is 0 Å². The van der Waals surface area contributed by atoms with E-state index in [1.807, 2.05) is 6.07 Å². The summed E-state index contributed by atoms with van der Waals surface area (Å²) in [6, 6.07) is 23.7. The zero-order valence-corrected chi connectivity index (χ0v) is 20.8. The Morgan fingerprint density at radius 2 is 1.61 bits per heavy atom. The summed E-state index contributed by atoms with van der Waals surface area (Å²) in [7, 11) is 0. The van der Waals surface area contributed by atoms with Gasteiger partial charge >= 0.3 is 0 Å². The summed E-state index contributed by atoms with van der Waals surface area (Å²) in [4.78, 5) is 25.2. The summed E-state index contributed by atoms with van der Waals surface area (Å²) in [5.41, 5.74) is 2.03. The van der Waals surface area contributed by atoms with Crippen molar-refractivity contribution in [3.8, 4) is 11.5 Å². The Balaban J connectivity index is 1.06. The van der Waals surface area contributed by atoms with Crippen LogP contribution >= 0.6 is 0 Å². The van der Waals surface area contributed by atoms with E-state index in [9.17, 15) is 14.7 Å². The van der Waals surface area contributed by atoms with Crippen LogP contribution < -0.4 is 20.1 Å². The smallest absolute Gasteiger partial charge is 0.245 e. The highest BCUT2D eigenvalue weighted by molar-refractivity contribution is 6.23. The maximum absolute atomic E-state index is 12.6. The zero-order chi connectivity index (χ0) is 26.1. The van der Waals surface area contributed by atoms with E-state index in [2.05, 4.69) is 65.2 Å². The van der Waals surface area contributed by atoms with Crippen LogP contribution in [0, 0.1) is 0 Å². The molecule has 2 amide bonds. The minimum Gasteiger partial charge on any atom is -0.454 e. The zero-order valence-electron chi connectivity index (χ0n) is 20.8. The fraction of sp³-hybridized carbons (Fsp3) is 0.226. The first-order valence-electron chi connectivity index (χ1n) is 12.8. The van der Waals surface area contributed by atoms with Crippen molar-refractivity contribution in [1.82, 2.24) is 10.6 Å². The Hall–Kier alpha value is -4.36. The fourth-order valence-corrected chi connectivity index (χ4v) is 5.28. The van der Waals surface area contributed by atoms with Crippen molar-refractivity contribution in [2.45, 2.75) is 31.8 Å². The van der Waals surface area contributed by atoms with Gasteiger partial charge in [0.15, 0.2) is 11.5 Å². The van der Waals surface area contributed by atoms with Crippen LogP contribution in [0.15, 0.2) is 72.8 Å². The van der Waals surface area contributed by atoms with Crippen molar-refractivity contribution in [3.63, 3.8) is 0 Å². The number of fused-ring (bicyclic) bond motifs is 1. The number of hydrogen-bond acceptors (Lipinski definition) is 5. The molecule has 0 unspecified atom stereocenters. The van der Waals surface area contributed by atoms with Crippen LogP contribution in [0.5, 0.6) is 11.5 Å². The second-order valence-corrected chi connectivity index (χ2v) is 9.64. The molecule has 1 aliphatic rings. The lowest BCUT2D eigenvalue weighted by molar-refractivity contribution is -0.130. The third-order valence-electron chi connectivity index (χ3n) is 7.21. The van der Waals surface area contributed by atoms with Gasteiger partial charge in [0.2, 0.25) is 18.6 Å². The molecule has 7 nitrogen and oxygen atoms in total. The lowest BCUT2D eigenvalue weighted by Gasteiger charge is -2.17. The topological polar surface area (TPSA) is 96.9 Å². The van der Waals surface area contributed by atoms with Crippen LogP contribution in [-0.2, 0) is 22.6 Å². The molecule has 6 rings (SSSR count). The second kappa shape index (κ2) is 10.2. The number of aliphatic hydroxyl groups excluding tert-OH is 1. The van der Waals surface area contributed by atoms with E-state index in [-0.39, 0.29) is 25.7 Å². The van der Waals surface area contributed by atoms with Crippen molar-refractivity contribution >= 4 is 44.1 Å². The largest absolute Gasteiger partial charge is 0.454 e. The van der Waals surface area contributed by atoms with Gasteiger partial charge in [-0.2, -0.15) is 0 Å². The minimum atomic E-state index is -1.01. The molecule has 0 aliphatic carbocycles. The Bertz CT molecular complexity index is 1630. The predicted molar refractivity (Wildman–Crippen MR) is 147 cm³/mol. The third-order valence-corrected chi connectivity index (χ3v) is 7.21. The summed E-state index contributed by atoms with van der Waals surface area (Å²) in [5.74, 6) is 0.599. The first kappa shape index (κ1) is 24.0. The summed E-state index contributed by atoms with van der Waals surface area (Å²) in [5, 5.41) is 22.6. The molecule has 5 aromatic carbocycles. The highest BCUT2D eigenvalue weighted by atomic mass is 16.7. The van der Waals surface area contributed by atoms with Crippen LogP contribution in [0.4, 0.5) is 0 Å². The lowest BCUT2D eigenvalue weighted by Crippen LogP contribution is -2.48. The number of aliphatic hydroxyl groups is 1. The standard InChI is InChI=1S/C31H28N2O5/c34-17-25(31(36)32-16-19-7-14-26-27(15-19)38-18-37-26)33-28(35)6-2-3-20-8-9-23-11-10-21-4-1-5-22-12-13-24(20)30(23)29(21)22/h1,4-5,7-15,25,34H,2-3,6,16-18H2,(H,32,36)(H,33,35)/t25-/m0/s1. The number of nitrogens with one attached hydrogen (secondary N) is 2. The van der Waals surface area contributed by atoms with Gasteiger partial charge in [0, 0.05) is 13.0 Å². The SMILES string of the molecule is O=C(CCCc1ccc2ccc3cccc4ccc1c2c34)N[C@@H](CO)C(=O)NCc1ccc2c(c1)OCO2. The molecule has 1 heterocycles. The molecule has 5 aromatic rings. The molecule has 38 heavy (non-hydrogen) atoms. The van der Waals surface area contributed by atoms with Gasteiger partial charge in [-0.05, 0) is 68.4 Å². The molecule has 1 aliphatic heterocycles. The van der Waals surface area contributed by atoms with Gasteiger partial charge in [-0.3, -0.25) is 9.59 Å². The normalized spacial score (nSPS) is 13.3. The van der Waals surface area contributed by atoms with Gasteiger partial charge in [-0.25, -0.2) is 0 Å². The first-order chi connectivity index (χ1) is 18.6. The first-order valence-corrected chi connectivity index (χ1v) is 12.8. The van der Waals surface area contributed by atoms with E-state index in [0.29, 0.717) is 17.9 Å². The van der Waals surface area contributed by atoms with E-state index in [1.165, 1.54) is 37.9 Å². The van der Waals surface area contributed by atoms with Crippen molar-refractivity contribution in [2.24, 2.45) is 0 Å². The second-order valence-electron chi connectivity index (χ2n) is 9.64. The molecule has 0 radical (unpaired) electrons. The van der Waals surface area contributed by atoms with E-state index in [0.717, 1.165) is 12.0 Å². The van der Waals surface area contributed by atoms with Gasteiger partial charge < -0.3 is 25.2 Å². The van der Waals surface area contributed by atoms with E-state index in [4.69, 9.17) is 9.47 Å². The molecular weight excluding hydrogens is 480 g/mol. The third kappa shape index (κ3) is 4.57. The van der Waals surface area contributed by atoms with Crippen LogP contribution in [0.25, 0.3) is 32.3 Å². The average Bonchev–Trinajstić information content (AvgIpc) is 3.42. The highest BCUT2D eigenvalue weighted by Crippen LogP contribution is 2.36. The van der Waals surface area contributed by atoms with E-state index in [1.54, 1.807) is 12.1 Å². The summed E-state index contributed by atoms with van der Waals surface area (Å²) < 4.78 is 10.7. The Labute approximate surface area is 219 Å². The Morgan fingerprint density at radius 3 is 2.42 bits per heavy atom. The molecule has 0 saturated heterocycles. The van der Waals surface area contributed by atoms with E-state index >= 15 is 0 Å². The maximum Gasteiger partial charge on any atom is 0.245 e. The highest BCUT2D eigenvalue weighted by Gasteiger charge is 2.20. The quantitative estimate of drug-likeness (QED) is 0.256. The van der Waals surface area contributed by atoms with Crippen molar-refractivity contribution < 1.29 is 24.2 Å². The van der Waals surface area contributed by atoms with E-state index < -0.39 is 18.6 Å². The summed E-state index contributed by atoms with van der Waals surface area (Å²) >= 11 is 0. The molecule has 1 atom stereocenters. The number of carbonyl (C=O) groups excluding carboxylic acids is 2. The van der Waals surface area contributed by atoms with Crippen molar-refractivity contribution in [2.75, 3.05) is 13.4 Å². The Kier molecular flexibility index (Phi) is 6.43. The molecule has 0 fully saturated rings. The molecule has 3 N–H and O–H groups in total. The Morgan fingerprint density at radius 1 is 0.868 bits per heavy atom. The van der Waals surface area contributed by atoms with Crippen LogP contribution in [0.1, 0.15) is 24.0 Å². The number of amides is 2. The predicted octanol–water partition coefficient (Wildman–Crippen LogP) is 4.43. The number of benzene rings is 5. The molecule has 0 aromatic heterocycles. The van der Waals surface area contributed by atoms with Gasteiger partial charge in [0.1, 0.15) is 6.04 Å². The summed E-state index contributed by atoms with van der Waals surface area (Å²) in [6.07, 6.45) is 1.63. The molecule has 0 saturated carbocycles. The van der Waals surface area contributed by atoms with Gasteiger partial charge in [0.25, 0.3) is 0 Å². The van der Waals surface area contributed by atoms with Crippen molar-refractivity contribution in [3.05, 3.63) is 83.9 Å². The van der Waals surface area contributed by atoms with Crippen LogP contribution in [0.2, 0.25) is 0 Å². The minimum absolute atomic E-state index is 0.181. The fourth-order valence-electron chi connectivity index (χ4n) is 5.28. The monoisotopic (exact) mass is 508 g/mol. The average molecular weight is 509 g/mol. The number of carbonyl (C=O) groups is 2. The number of rotatable bonds is 9.